The van der Waals surface area contributed by atoms with Gasteiger partial charge in [-0.3, -0.25) is 0 Å². The first-order valence-corrected chi connectivity index (χ1v) is 6.38. The monoisotopic (exact) mass is 257 g/mol. The van der Waals surface area contributed by atoms with E-state index in [0.29, 0.717) is 17.0 Å². The SMILES string of the molecule is Nc1nc(NCCS(N)(=O)=O)c2[nH]cnc2n1. The number of anilines is 2. The number of rotatable bonds is 4. The number of nitrogens with two attached hydrogens (primary N) is 2. The van der Waals surface area contributed by atoms with E-state index in [1.807, 2.05) is 0 Å². The Hall–Kier alpha value is -1.94. The number of H-pyrrole nitrogens is 1. The molecule has 6 N–H and O–H groups in total. The molecule has 2 rings (SSSR count). The maximum absolute atomic E-state index is 10.8. The van der Waals surface area contributed by atoms with Gasteiger partial charge < -0.3 is 16.0 Å². The summed E-state index contributed by atoms with van der Waals surface area (Å²) >= 11 is 0. The van der Waals surface area contributed by atoms with Crippen molar-refractivity contribution >= 4 is 33.0 Å². The van der Waals surface area contributed by atoms with Gasteiger partial charge in [-0.15, -0.1) is 0 Å². The molecular weight excluding hydrogens is 246 g/mol. The zero-order valence-corrected chi connectivity index (χ0v) is 9.53. The van der Waals surface area contributed by atoms with Crippen LogP contribution in [0.2, 0.25) is 0 Å². The number of sulfonamides is 1. The molecule has 0 aliphatic heterocycles. The first kappa shape index (κ1) is 11.5. The number of primary sulfonamides is 1. The lowest BCUT2D eigenvalue weighted by Gasteiger charge is -2.05. The summed E-state index contributed by atoms with van der Waals surface area (Å²) in [4.78, 5) is 14.6. The zero-order chi connectivity index (χ0) is 12.5. The standard InChI is InChI=1S/C7H11N7O2S/c8-7-13-5(10-1-2-17(9,15)16)4-6(14-7)12-3-11-4/h3H,1-2H2,(H2,9,15,16)(H4,8,10,11,12,13,14). The van der Waals surface area contributed by atoms with Gasteiger partial charge in [-0.1, -0.05) is 0 Å². The molecular formula is C7H11N7O2S. The van der Waals surface area contributed by atoms with Gasteiger partial charge in [0.15, 0.2) is 11.5 Å². The Bertz CT molecular complexity index is 635. The number of nitrogen functional groups attached to an aromatic ring is 1. The number of hydrogen-bond acceptors (Lipinski definition) is 7. The fraction of sp³-hybridized carbons (Fsp3) is 0.286. The van der Waals surface area contributed by atoms with Gasteiger partial charge in [-0.25, -0.2) is 18.5 Å². The van der Waals surface area contributed by atoms with Gasteiger partial charge in [0.25, 0.3) is 0 Å². The molecule has 0 spiro atoms. The molecule has 0 aromatic carbocycles. The van der Waals surface area contributed by atoms with Crippen molar-refractivity contribution in [1.29, 1.82) is 0 Å². The van der Waals surface area contributed by atoms with Crippen molar-refractivity contribution in [2.24, 2.45) is 5.14 Å². The molecule has 0 atom stereocenters. The predicted molar refractivity (Wildman–Crippen MR) is 62.6 cm³/mol. The Morgan fingerprint density at radius 1 is 1.41 bits per heavy atom. The van der Waals surface area contributed by atoms with Crippen molar-refractivity contribution in [1.82, 2.24) is 19.9 Å². The molecule has 0 aliphatic carbocycles. The summed E-state index contributed by atoms with van der Waals surface area (Å²) in [7, 11) is -3.51. The van der Waals surface area contributed by atoms with Crippen LogP contribution in [-0.2, 0) is 10.0 Å². The molecule has 0 saturated carbocycles. The summed E-state index contributed by atoms with van der Waals surface area (Å²) in [5, 5.41) is 7.69. The van der Waals surface area contributed by atoms with Crippen molar-refractivity contribution in [2.45, 2.75) is 0 Å². The molecule has 0 unspecified atom stereocenters. The first-order valence-electron chi connectivity index (χ1n) is 4.66. The maximum atomic E-state index is 10.8. The van der Waals surface area contributed by atoms with Crippen molar-refractivity contribution in [2.75, 3.05) is 23.3 Å². The zero-order valence-electron chi connectivity index (χ0n) is 8.71. The minimum atomic E-state index is -3.51. The van der Waals surface area contributed by atoms with E-state index in [1.54, 1.807) is 0 Å². The molecule has 0 aliphatic rings. The molecule has 17 heavy (non-hydrogen) atoms. The average molecular weight is 257 g/mol. The number of nitrogens with zero attached hydrogens (tertiary/aromatic N) is 3. The van der Waals surface area contributed by atoms with E-state index in [0.717, 1.165) is 0 Å². The van der Waals surface area contributed by atoms with Crippen LogP contribution in [0.25, 0.3) is 11.2 Å². The number of hydrogen-bond donors (Lipinski definition) is 4. The summed E-state index contributed by atoms with van der Waals surface area (Å²) in [6, 6.07) is 0. The van der Waals surface area contributed by atoms with E-state index in [9.17, 15) is 8.42 Å². The summed E-state index contributed by atoms with van der Waals surface area (Å²) < 4.78 is 21.5. The van der Waals surface area contributed by atoms with Crippen molar-refractivity contribution < 1.29 is 8.42 Å². The molecule has 10 heteroatoms. The lowest BCUT2D eigenvalue weighted by atomic mass is 10.5. The molecule has 0 radical (unpaired) electrons. The van der Waals surface area contributed by atoms with Crippen LogP contribution < -0.4 is 16.2 Å². The second-order valence-corrected chi connectivity index (χ2v) is 5.06. The van der Waals surface area contributed by atoms with E-state index >= 15 is 0 Å². The Balaban J connectivity index is 2.20. The number of aromatic amines is 1. The van der Waals surface area contributed by atoms with Crippen LogP contribution >= 0.6 is 0 Å². The van der Waals surface area contributed by atoms with Gasteiger partial charge in [0, 0.05) is 6.54 Å². The van der Waals surface area contributed by atoms with Crippen molar-refractivity contribution in [3.8, 4) is 0 Å². The Labute approximate surface area is 96.7 Å². The lowest BCUT2D eigenvalue weighted by molar-refractivity contribution is 0.598. The number of nitrogens with one attached hydrogen (secondary N) is 2. The van der Waals surface area contributed by atoms with Gasteiger partial charge in [-0.2, -0.15) is 9.97 Å². The van der Waals surface area contributed by atoms with Crippen LogP contribution in [0.15, 0.2) is 6.33 Å². The molecule has 0 saturated heterocycles. The van der Waals surface area contributed by atoms with E-state index in [2.05, 4.69) is 25.3 Å². The van der Waals surface area contributed by atoms with Crippen LogP contribution in [-0.4, -0.2) is 40.7 Å². The molecule has 9 nitrogen and oxygen atoms in total. The normalized spacial score (nSPS) is 11.8. The van der Waals surface area contributed by atoms with Crippen LogP contribution in [0.1, 0.15) is 0 Å². The minimum Gasteiger partial charge on any atom is -0.368 e. The van der Waals surface area contributed by atoms with E-state index in [1.165, 1.54) is 6.33 Å². The van der Waals surface area contributed by atoms with Gasteiger partial charge >= 0.3 is 0 Å². The van der Waals surface area contributed by atoms with Gasteiger partial charge in [0.1, 0.15) is 5.52 Å². The second-order valence-electron chi connectivity index (χ2n) is 3.33. The summed E-state index contributed by atoms with van der Waals surface area (Å²) in [5.41, 5.74) is 6.46. The third kappa shape index (κ3) is 2.79. The number of aromatic nitrogens is 4. The molecule has 2 heterocycles. The van der Waals surface area contributed by atoms with Gasteiger partial charge in [0.2, 0.25) is 16.0 Å². The van der Waals surface area contributed by atoms with Crippen LogP contribution in [0, 0.1) is 0 Å². The Morgan fingerprint density at radius 2 is 2.18 bits per heavy atom. The van der Waals surface area contributed by atoms with E-state index < -0.39 is 10.0 Å². The summed E-state index contributed by atoms with van der Waals surface area (Å²) in [6.45, 7) is 0.128. The highest BCUT2D eigenvalue weighted by Gasteiger charge is 2.09. The Morgan fingerprint density at radius 3 is 2.88 bits per heavy atom. The van der Waals surface area contributed by atoms with E-state index in [4.69, 9.17) is 10.9 Å². The van der Waals surface area contributed by atoms with Crippen LogP contribution in [0.4, 0.5) is 11.8 Å². The van der Waals surface area contributed by atoms with Crippen LogP contribution in [0.5, 0.6) is 0 Å². The third-order valence-corrected chi connectivity index (χ3v) is 2.76. The van der Waals surface area contributed by atoms with Crippen LogP contribution in [0.3, 0.4) is 0 Å². The highest BCUT2D eigenvalue weighted by Crippen LogP contribution is 2.16. The smallest absolute Gasteiger partial charge is 0.224 e. The molecule has 0 bridgehead atoms. The topological polar surface area (TPSA) is 153 Å². The Kier molecular flexibility index (Phi) is 2.81. The highest BCUT2D eigenvalue weighted by atomic mass is 32.2. The average Bonchev–Trinajstić information content (AvgIpc) is 2.63. The summed E-state index contributed by atoms with van der Waals surface area (Å²) in [6.07, 6.45) is 1.45. The first-order chi connectivity index (χ1) is 7.96. The lowest BCUT2D eigenvalue weighted by Crippen LogP contribution is -2.22. The number of imidazole rings is 1. The molecule has 0 amide bonds. The largest absolute Gasteiger partial charge is 0.368 e. The van der Waals surface area contributed by atoms with E-state index in [-0.39, 0.29) is 18.2 Å². The van der Waals surface area contributed by atoms with Crippen molar-refractivity contribution in [3.63, 3.8) is 0 Å². The summed E-state index contributed by atoms with van der Waals surface area (Å²) in [5.74, 6) is 0.253. The van der Waals surface area contributed by atoms with Gasteiger partial charge in [0.05, 0.1) is 12.1 Å². The molecule has 2 aromatic heterocycles. The third-order valence-electron chi connectivity index (χ3n) is 1.98. The van der Waals surface area contributed by atoms with Crippen molar-refractivity contribution in [3.05, 3.63) is 6.33 Å². The fourth-order valence-electron chi connectivity index (χ4n) is 1.29. The minimum absolute atomic E-state index is 0.0581. The fourth-order valence-corrected chi connectivity index (χ4v) is 1.68. The van der Waals surface area contributed by atoms with Gasteiger partial charge in [-0.05, 0) is 0 Å². The second kappa shape index (κ2) is 4.14. The molecule has 2 aromatic rings. The quantitative estimate of drug-likeness (QED) is 0.527. The number of fused-ring (bicyclic) bond motifs is 1. The maximum Gasteiger partial charge on any atom is 0.224 e. The molecule has 0 fully saturated rings. The molecule has 92 valence electrons. The predicted octanol–water partition coefficient (Wildman–Crippen LogP) is -1.36. The highest BCUT2D eigenvalue weighted by molar-refractivity contribution is 7.89.